The van der Waals surface area contributed by atoms with Gasteiger partial charge in [-0.1, -0.05) is 116 Å². The van der Waals surface area contributed by atoms with Gasteiger partial charge in [0.05, 0.1) is 18.2 Å². The molecule has 4 rings (SSSR count). The first-order valence-corrected chi connectivity index (χ1v) is 13.5. The van der Waals surface area contributed by atoms with Crippen molar-refractivity contribution in [3.63, 3.8) is 0 Å². The lowest BCUT2D eigenvalue weighted by Gasteiger charge is -2.35. The molecule has 0 aliphatic rings. The minimum absolute atomic E-state index is 0.0524. The van der Waals surface area contributed by atoms with E-state index in [2.05, 4.69) is 99.3 Å². The van der Waals surface area contributed by atoms with E-state index < -0.39 is 8.07 Å². The van der Waals surface area contributed by atoms with Gasteiger partial charge in [0.2, 0.25) is 0 Å². The topological polar surface area (TPSA) is 28.1 Å². The number of nitriles is 1. The molecule has 0 bridgehead atoms. The number of rotatable bonds is 4. The second kappa shape index (κ2) is 9.14. The van der Waals surface area contributed by atoms with Gasteiger partial charge in [0.25, 0.3) is 0 Å². The minimum atomic E-state index is -2.80. The third-order valence-electron chi connectivity index (χ3n) is 6.47. The number of hydrogen-bond donors (Lipinski definition) is 0. The molecule has 166 valence electrons. The molecular formula is C31H28N2Si. The van der Waals surface area contributed by atoms with Crippen LogP contribution in [0.15, 0.2) is 97.1 Å². The lowest BCUT2D eigenvalue weighted by atomic mass is 9.87. The van der Waals surface area contributed by atoms with Crippen molar-refractivity contribution in [2.45, 2.75) is 33.1 Å². The van der Waals surface area contributed by atoms with Gasteiger partial charge >= 0.3 is 0 Å². The van der Waals surface area contributed by atoms with Crippen LogP contribution >= 0.6 is 0 Å². The predicted molar refractivity (Wildman–Crippen MR) is 144 cm³/mol. The Kier molecular flexibility index (Phi) is 6.25. The summed E-state index contributed by atoms with van der Waals surface area (Å²) in [6, 6.07) is 36.1. The normalized spacial score (nSPS) is 12.9. The van der Waals surface area contributed by atoms with Crippen LogP contribution in [-0.4, -0.2) is 8.07 Å². The molecule has 34 heavy (non-hydrogen) atoms. The van der Waals surface area contributed by atoms with Crippen molar-refractivity contribution >= 4 is 34.5 Å². The molecule has 4 aromatic carbocycles. The SMILES string of the molecule is [C-]#[N+]c1cccc([Si](c2ccc(C(C)(C)C)cc2)(c2cccc(C)c2)c2cccc(C#N)c2)c1. The van der Waals surface area contributed by atoms with Crippen LogP contribution in [0.1, 0.15) is 37.5 Å². The molecule has 0 heterocycles. The van der Waals surface area contributed by atoms with Crippen molar-refractivity contribution in [2.24, 2.45) is 0 Å². The van der Waals surface area contributed by atoms with E-state index in [-0.39, 0.29) is 5.41 Å². The predicted octanol–water partition coefficient (Wildman–Crippen LogP) is 5.09. The highest BCUT2D eigenvalue weighted by molar-refractivity contribution is 7.20. The Morgan fingerprint density at radius 1 is 0.735 bits per heavy atom. The standard InChI is InChI=1S/C31H28N2Si/c1-23-9-6-12-28(19-23)34(29-13-7-10-24(20-29)22-32,30-14-8-11-26(21-30)33-5)27-17-15-25(16-18-27)31(2,3)4/h6-21H,1-4H3. The van der Waals surface area contributed by atoms with Crippen LogP contribution < -0.4 is 20.7 Å². The number of hydrogen-bond acceptors (Lipinski definition) is 1. The molecule has 0 saturated carbocycles. The Bertz CT molecular complexity index is 1360. The summed E-state index contributed by atoms with van der Waals surface area (Å²) in [5.41, 5.74) is 3.80. The molecule has 3 heteroatoms. The summed E-state index contributed by atoms with van der Waals surface area (Å²) in [5, 5.41) is 14.5. The maximum absolute atomic E-state index is 9.72. The fraction of sp³-hybridized carbons (Fsp3) is 0.161. The largest absolute Gasteiger partial charge is 0.238 e. The Morgan fingerprint density at radius 3 is 1.91 bits per heavy atom. The van der Waals surface area contributed by atoms with Crippen LogP contribution in [0.25, 0.3) is 4.85 Å². The summed E-state index contributed by atoms with van der Waals surface area (Å²) in [6.45, 7) is 16.4. The third-order valence-corrected chi connectivity index (χ3v) is 11.2. The average molecular weight is 457 g/mol. The molecule has 0 fully saturated rings. The first-order valence-electron chi connectivity index (χ1n) is 11.5. The lowest BCUT2D eigenvalue weighted by molar-refractivity contribution is 0.590. The average Bonchev–Trinajstić information content (AvgIpc) is 2.85. The Morgan fingerprint density at radius 2 is 1.32 bits per heavy atom. The summed E-state index contributed by atoms with van der Waals surface area (Å²) in [6.07, 6.45) is 0. The summed E-state index contributed by atoms with van der Waals surface area (Å²) >= 11 is 0. The number of aryl methyl sites for hydroxylation is 1. The summed E-state index contributed by atoms with van der Waals surface area (Å²) in [4.78, 5) is 3.74. The van der Waals surface area contributed by atoms with Gasteiger partial charge in [-0.25, -0.2) is 4.85 Å². The second-order valence-corrected chi connectivity index (χ2v) is 13.6. The van der Waals surface area contributed by atoms with Gasteiger partial charge in [-0.05, 0) is 45.6 Å². The quantitative estimate of drug-likeness (QED) is 0.239. The van der Waals surface area contributed by atoms with Crippen molar-refractivity contribution in [1.82, 2.24) is 0 Å². The molecule has 0 amide bonds. The third kappa shape index (κ3) is 4.19. The maximum atomic E-state index is 9.72. The minimum Gasteiger partial charge on any atom is -0.238 e. The number of benzene rings is 4. The first-order chi connectivity index (χ1) is 16.3. The first kappa shape index (κ1) is 23.2. The molecule has 0 aliphatic carbocycles. The van der Waals surface area contributed by atoms with Crippen molar-refractivity contribution < 1.29 is 0 Å². The van der Waals surface area contributed by atoms with E-state index in [4.69, 9.17) is 6.57 Å². The van der Waals surface area contributed by atoms with Gasteiger partial charge in [-0.3, -0.25) is 0 Å². The highest BCUT2D eigenvalue weighted by Crippen LogP contribution is 2.22. The molecule has 0 aromatic heterocycles. The van der Waals surface area contributed by atoms with Crippen LogP contribution in [-0.2, 0) is 5.41 Å². The van der Waals surface area contributed by atoms with Gasteiger partial charge in [0, 0.05) is 0 Å². The van der Waals surface area contributed by atoms with Gasteiger partial charge in [-0.15, -0.1) is 0 Å². The zero-order valence-corrected chi connectivity index (χ0v) is 21.1. The maximum Gasteiger partial charge on any atom is 0.187 e. The Hall–Kier alpha value is -3.92. The van der Waals surface area contributed by atoms with E-state index >= 15 is 0 Å². The highest BCUT2D eigenvalue weighted by Gasteiger charge is 2.41. The van der Waals surface area contributed by atoms with E-state index in [0.717, 1.165) is 10.4 Å². The zero-order chi connectivity index (χ0) is 24.3. The summed E-state index contributed by atoms with van der Waals surface area (Å²) < 4.78 is 0. The fourth-order valence-electron chi connectivity index (χ4n) is 4.73. The van der Waals surface area contributed by atoms with Gasteiger partial charge in [-0.2, -0.15) is 5.26 Å². The molecule has 0 radical (unpaired) electrons. The van der Waals surface area contributed by atoms with E-state index in [1.54, 1.807) is 0 Å². The molecule has 2 nitrogen and oxygen atoms in total. The summed E-state index contributed by atoms with van der Waals surface area (Å²) in [7, 11) is -2.80. The molecule has 0 saturated heterocycles. The van der Waals surface area contributed by atoms with Crippen molar-refractivity contribution in [3.05, 3.63) is 125 Å². The van der Waals surface area contributed by atoms with E-state index in [1.165, 1.54) is 21.5 Å². The summed E-state index contributed by atoms with van der Waals surface area (Å²) in [5.74, 6) is 0. The van der Waals surface area contributed by atoms with Crippen LogP contribution in [0, 0.1) is 24.8 Å². The van der Waals surface area contributed by atoms with Gasteiger partial charge < -0.3 is 0 Å². The van der Waals surface area contributed by atoms with Crippen LogP contribution in [0.3, 0.4) is 0 Å². The Labute approximate surface area is 204 Å². The van der Waals surface area contributed by atoms with Crippen molar-refractivity contribution in [3.8, 4) is 6.07 Å². The smallest absolute Gasteiger partial charge is 0.187 e. The lowest BCUT2D eigenvalue weighted by Crippen LogP contribution is -2.74. The molecule has 0 spiro atoms. The van der Waals surface area contributed by atoms with Gasteiger partial charge in [0.1, 0.15) is 0 Å². The van der Waals surface area contributed by atoms with Crippen LogP contribution in [0.2, 0.25) is 0 Å². The van der Waals surface area contributed by atoms with Crippen molar-refractivity contribution in [1.29, 1.82) is 5.26 Å². The monoisotopic (exact) mass is 456 g/mol. The number of nitrogens with zero attached hydrogens (tertiary/aromatic N) is 2. The van der Waals surface area contributed by atoms with Crippen LogP contribution in [0.5, 0.6) is 0 Å². The van der Waals surface area contributed by atoms with Crippen molar-refractivity contribution in [2.75, 3.05) is 0 Å². The molecule has 1 atom stereocenters. The molecule has 0 N–H and O–H groups in total. The molecule has 1 unspecified atom stereocenters. The molecule has 4 aromatic rings. The molecular weight excluding hydrogens is 428 g/mol. The second-order valence-electron chi connectivity index (χ2n) is 9.80. The Balaban J connectivity index is 2.16. The van der Waals surface area contributed by atoms with Gasteiger partial charge in [0.15, 0.2) is 13.8 Å². The highest BCUT2D eigenvalue weighted by atomic mass is 28.3. The van der Waals surface area contributed by atoms with Crippen LogP contribution in [0.4, 0.5) is 5.69 Å². The van der Waals surface area contributed by atoms with E-state index in [0.29, 0.717) is 11.3 Å². The fourth-order valence-corrected chi connectivity index (χ4v) is 9.62. The van der Waals surface area contributed by atoms with E-state index in [1.807, 2.05) is 36.4 Å². The zero-order valence-electron chi connectivity index (χ0n) is 20.1. The molecule has 0 aliphatic heterocycles. The van der Waals surface area contributed by atoms with E-state index in [9.17, 15) is 5.26 Å².